The van der Waals surface area contributed by atoms with E-state index < -0.39 is 17.7 Å². The van der Waals surface area contributed by atoms with Crippen molar-refractivity contribution in [2.75, 3.05) is 6.61 Å². The number of ether oxygens (including phenoxy) is 1. The Balaban J connectivity index is 2.54. The number of alkyl halides is 3. The van der Waals surface area contributed by atoms with Crippen LogP contribution in [0.25, 0.3) is 5.57 Å². The fraction of sp³-hybridized carbons (Fsp3) is 0.200. The topological polar surface area (TPSA) is 58.9 Å². The molecule has 4 nitrogen and oxygen atoms in total. The zero-order chi connectivity index (χ0) is 21.8. The van der Waals surface area contributed by atoms with Crippen molar-refractivity contribution in [1.82, 2.24) is 0 Å². The van der Waals surface area contributed by atoms with Crippen LogP contribution in [0.2, 0.25) is 10.0 Å². The van der Waals surface area contributed by atoms with Crippen molar-refractivity contribution < 1.29 is 27.9 Å². The van der Waals surface area contributed by atoms with Gasteiger partial charge in [-0.05, 0) is 61.4 Å². The number of carbonyl (C=O) groups is 1. The molecule has 0 aliphatic heterocycles. The van der Waals surface area contributed by atoms with Crippen LogP contribution in [0.15, 0.2) is 47.6 Å². The van der Waals surface area contributed by atoms with Crippen molar-refractivity contribution >= 4 is 40.5 Å². The van der Waals surface area contributed by atoms with Gasteiger partial charge in [0.1, 0.15) is 5.71 Å². The standard InChI is InChI=1S/C20H16Cl2F3NO3/c1-3-29-19(27)16-5-4-12(6-11(16)2)18(26-28)10-17(20(23,24)25)13-7-14(21)9-15(22)8-13/h4-10,28H,3H2,1-2H3/b17-10+,26-18-. The summed E-state index contributed by atoms with van der Waals surface area (Å²) in [5.74, 6) is -0.556. The molecule has 0 fully saturated rings. The van der Waals surface area contributed by atoms with Gasteiger partial charge in [0.2, 0.25) is 0 Å². The lowest BCUT2D eigenvalue weighted by molar-refractivity contribution is -0.0688. The van der Waals surface area contributed by atoms with Crippen LogP contribution in [-0.2, 0) is 4.74 Å². The highest BCUT2D eigenvalue weighted by Crippen LogP contribution is 2.36. The van der Waals surface area contributed by atoms with Gasteiger partial charge in [0.15, 0.2) is 0 Å². The average molecular weight is 446 g/mol. The molecule has 9 heteroatoms. The molecule has 2 rings (SSSR count). The van der Waals surface area contributed by atoms with E-state index in [1.54, 1.807) is 13.8 Å². The van der Waals surface area contributed by atoms with Crippen molar-refractivity contribution in [2.45, 2.75) is 20.0 Å². The van der Waals surface area contributed by atoms with Crippen LogP contribution in [0, 0.1) is 6.92 Å². The summed E-state index contributed by atoms with van der Waals surface area (Å²) in [6.07, 6.45) is -4.09. The minimum absolute atomic E-state index is 0.0276. The molecule has 2 aromatic carbocycles. The van der Waals surface area contributed by atoms with E-state index >= 15 is 0 Å². The summed E-state index contributed by atoms with van der Waals surface area (Å²) in [6, 6.07) is 7.71. The summed E-state index contributed by atoms with van der Waals surface area (Å²) in [5, 5.41) is 12.4. The van der Waals surface area contributed by atoms with Gasteiger partial charge >= 0.3 is 12.1 Å². The fourth-order valence-corrected chi connectivity index (χ4v) is 3.13. The van der Waals surface area contributed by atoms with Crippen LogP contribution in [0.3, 0.4) is 0 Å². The Morgan fingerprint density at radius 3 is 2.24 bits per heavy atom. The Hall–Kier alpha value is -2.51. The van der Waals surface area contributed by atoms with Gasteiger partial charge in [-0.1, -0.05) is 34.4 Å². The number of rotatable bonds is 5. The molecule has 0 heterocycles. The molecule has 0 aromatic heterocycles. The van der Waals surface area contributed by atoms with E-state index in [-0.39, 0.29) is 39.1 Å². The summed E-state index contributed by atoms with van der Waals surface area (Å²) >= 11 is 11.6. The van der Waals surface area contributed by atoms with Crippen LogP contribution in [-0.4, -0.2) is 29.7 Å². The number of hydrogen-bond acceptors (Lipinski definition) is 4. The van der Waals surface area contributed by atoms with Gasteiger partial charge in [-0.15, -0.1) is 0 Å². The minimum atomic E-state index is -4.77. The maximum Gasteiger partial charge on any atom is 0.417 e. The quantitative estimate of drug-likeness (QED) is 0.254. The Bertz CT molecular complexity index is 965. The van der Waals surface area contributed by atoms with Crippen LogP contribution < -0.4 is 0 Å². The SMILES string of the molecule is CCOC(=O)c1ccc(C(/C=C(\c2cc(Cl)cc(Cl)c2)C(F)(F)F)=N\O)cc1C. The molecule has 2 aromatic rings. The summed E-state index contributed by atoms with van der Waals surface area (Å²) in [7, 11) is 0. The first-order valence-corrected chi connectivity index (χ1v) is 9.08. The van der Waals surface area contributed by atoms with Gasteiger partial charge in [0.05, 0.1) is 17.7 Å². The van der Waals surface area contributed by atoms with Crippen LogP contribution in [0.1, 0.15) is 34.0 Å². The molecule has 0 amide bonds. The molecule has 0 aliphatic rings. The molecule has 0 saturated heterocycles. The van der Waals surface area contributed by atoms with Gasteiger partial charge in [0, 0.05) is 15.6 Å². The van der Waals surface area contributed by atoms with Crippen LogP contribution in [0.4, 0.5) is 13.2 Å². The van der Waals surface area contributed by atoms with Crippen molar-refractivity contribution in [3.05, 3.63) is 74.8 Å². The summed E-state index contributed by atoms with van der Waals surface area (Å²) < 4.78 is 45.9. The van der Waals surface area contributed by atoms with Gasteiger partial charge in [-0.2, -0.15) is 13.2 Å². The number of halogens is 5. The third kappa shape index (κ3) is 5.74. The number of benzene rings is 2. The Kier molecular flexibility index (Phi) is 7.32. The van der Waals surface area contributed by atoms with Crippen molar-refractivity contribution in [2.24, 2.45) is 5.16 Å². The lowest BCUT2D eigenvalue weighted by Gasteiger charge is -2.14. The van der Waals surface area contributed by atoms with E-state index in [0.717, 1.165) is 12.1 Å². The monoisotopic (exact) mass is 445 g/mol. The zero-order valence-electron chi connectivity index (χ0n) is 15.3. The second-order valence-corrected chi connectivity index (χ2v) is 6.82. The number of carbonyl (C=O) groups excluding carboxylic acids is 1. The third-order valence-electron chi connectivity index (χ3n) is 3.89. The van der Waals surface area contributed by atoms with Crippen LogP contribution in [0.5, 0.6) is 0 Å². The van der Waals surface area contributed by atoms with Gasteiger partial charge < -0.3 is 9.94 Å². The molecule has 154 valence electrons. The number of nitrogens with zero attached hydrogens (tertiary/aromatic N) is 1. The van der Waals surface area contributed by atoms with E-state index in [2.05, 4.69) is 5.16 Å². The number of oxime groups is 1. The highest BCUT2D eigenvalue weighted by atomic mass is 35.5. The molecule has 0 aliphatic carbocycles. The van der Waals surface area contributed by atoms with Crippen molar-refractivity contribution in [3.8, 4) is 0 Å². The van der Waals surface area contributed by atoms with E-state index in [0.29, 0.717) is 11.6 Å². The number of esters is 1. The van der Waals surface area contributed by atoms with Crippen LogP contribution >= 0.6 is 23.2 Å². The highest BCUT2D eigenvalue weighted by Gasteiger charge is 2.35. The molecular weight excluding hydrogens is 430 g/mol. The summed E-state index contributed by atoms with van der Waals surface area (Å²) in [6.45, 7) is 3.43. The van der Waals surface area contributed by atoms with E-state index in [1.807, 2.05) is 0 Å². The molecular formula is C20H16Cl2F3NO3. The normalized spacial score (nSPS) is 12.8. The lowest BCUT2D eigenvalue weighted by atomic mass is 9.98. The molecule has 0 saturated carbocycles. The van der Waals surface area contributed by atoms with Gasteiger partial charge in [-0.25, -0.2) is 4.79 Å². The second-order valence-electron chi connectivity index (χ2n) is 5.95. The first-order valence-electron chi connectivity index (χ1n) is 8.32. The van der Waals surface area contributed by atoms with E-state index in [1.165, 1.54) is 24.3 Å². The van der Waals surface area contributed by atoms with Crippen molar-refractivity contribution in [1.29, 1.82) is 0 Å². The first-order chi connectivity index (χ1) is 13.6. The smallest absolute Gasteiger partial charge is 0.417 e. The average Bonchev–Trinajstić information content (AvgIpc) is 2.60. The predicted molar refractivity (Wildman–Crippen MR) is 106 cm³/mol. The number of hydrogen-bond donors (Lipinski definition) is 1. The molecule has 1 N–H and O–H groups in total. The zero-order valence-corrected chi connectivity index (χ0v) is 16.9. The molecule has 0 bridgehead atoms. The first kappa shape index (κ1) is 22.8. The Morgan fingerprint density at radius 1 is 1.14 bits per heavy atom. The molecule has 29 heavy (non-hydrogen) atoms. The van der Waals surface area contributed by atoms with E-state index in [9.17, 15) is 23.2 Å². The second kappa shape index (κ2) is 9.33. The Morgan fingerprint density at radius 2 is 1.76 bits per heavy atom. The molecule has 0 atom stereocenters. The summed E-state index contributed by atoms with van der Waals surface area (Å²) in [5.41, 5.74) is -0.845. The number of aryl methyl sites for hydroxylation is 1. The maximum absolute atomic E-state index is 13.7. The lowest BCUT2D eigenvalue weighted by Crippen LogP contribution is -2.14. The Labute approximate surface area is 175 Å². The maximum atomic E-state index is 13.7. The molecule has 0 radical (unpaired) electrons. The molecule has 0 spiro atoms. The molecule has 0 unspecified atom stereocenters. The third-order valence-corrected chi connectivity index (χ3v) is 4.32. The minimum Gasteiger partial charge on any atom is -0.462 e. The number of allylic oxidation sites excluding steroid dienone is 2. The van der Waals surface area contributed by atoms with Gasteiger partial charge in [-0.3, -0.25) is 0 Å². The predicted octanol–water partition coefficient (Wildman–Crippen LogP) is 6.30. The van der Waals surface area contributed by atoms with Gasteiger partial charge in [0.25, 0.3) is 0 Å². The fourth-order valence-electron chi connectivity index (χ4n) is 2.61. The van der Waals surface area contributed by atoms with E-state index in [4.69, 9.17) is 27.9 Å². The van der Waals surface area contributed by atoms with Crippen molar-refractivity contribution in [3.63, 3.8) is 0 Å². The largest absolute Gasteiger partial charge is 0.462 e. The summed E-state index contributed by atoms with van der Waals surface area (Å²) in [4.78, 5) is 11.9. The highest BCUT2D eigenvalue weighted by molar-refractivity contribution is 6.35.